The van der Waals surface area contributed by atoms with Crippen LogP contribution in [0.25, 0.3) is 10.9 Å². The fraction of sp³-hybridized carbons (Fsp3) is 0.350. The van der Waals surface area contributed by atoms with E-state index in [4.69, 9.17) is 0 Å². The van der Waals surface area contributed by atoms with Gasteiger partial charge in [-0.2, -0.15) is 5.10 Å². The normalized spacial score (nSPS) is 29.2. The van der Waals surface area contributed by atoms with Crippen LogP contribution in [0.1, 0.15) is 36.8 Å². The first-order chi connectivity index (χ1) is 11.7. The van der Waals surface area contributed by atoms with Gasteiger partial charge in [0.15, 0.2) is 0 Å². The second-order valence-corrected chi connectivity index (χ2v) is 7.20. The van der Waals surface area contributed by atoms with Crippen LogP contribution in [0.2, 0.25) is 0 Å². The van der Waals surface area contributed by atoms with Crippen LogP contribution in [0.5, 0.6) is 0 Å². The molecular weight excluding hydrogens is 301 g/mol. The van der Waals surface area contributed by atoms with Gasteiger partial charge in [0, 0.05) is 16.3 Å². The van der Waals surface area contributed by atoms with Gasteiger partial charge in [0.2, 0.25) is 0 Å². The molecule has 0 amide bonds. The van der Waals surface area contributed by atoms with Crippen molar-refractivity contribution in [2.75, 3.05) is 6.54 Å². The molecule has 3 nitrogen and oxygen atoms in total. The Morgan fingerprint density at radius 3 is 2.50 bits per heavy atom. The lowest BCUT2D eigenvalue weighted by atomic mass is 9.48. The first kappa shape index (κ1) is 14.2. The predicted octanol–water partition coefficient (Wildman–Crippen LogP) is 3.90. The average molecular weight is 321 g/mol. The SMILES string of the molecule is Fc1ccc(C2(c3ccc4[nH]ncc4c3)CCC23CCCN3)cc1. The molecule has 0 radical (unpaired) electrons. The van der Waals surface area contributed by atoms with Gasteiger partial charge in [0.25, 0.3) is 0 Å². The number of nitrogens with one attached hydrogen (secondary N) is 2. The lowest BCUT2D eigenvalue weighted by Gasteiger charge is -2.59. The third kappa shape index (κ3) is 1.72. The molecule has 0 bridgehead atoms. The molecule has 1 spiro atoms. The van der Waals surface area contributed by atoms with Gasteiger partial charge < -0.3 is 5.32 Å². The summed E-state index contributed by atoms with van der Waals surface area (Å²) in [6.45, 7) is 1.07. The Bertz CT molecular complexity index is 893. The summed E-state index contributed by atoms with van der Waals surface area (Å²) in [4.78, 5) is 0. The van der Waals surface area contributed by atoms with E-state index in [0.717, 1.165) is 23.9 Å². The van der Waals surface area contributed by atoms with E-state index < -0.39 is 0 Å². The van der Waals surface area contributed by atoms with Gasteiger partial charge in [-0.25, -0.2) is 4.39 Å². The molecule has 1 saturated carbocycles. The summed E-state index contributed by atoms with van der Waals surface area (Å²) >= 11 is 0. The third-order valence-corrected chi connectivity index (χ3v) is 6.26. The van der Waals surface area contributed by atoms with E-state index in [2.05, 4.69) is 33.7 Å². The van der Waals surface area contributed by atoms with Crippen LogP contribution in [0, 0.1) is 5.82 Å². The highest BCUT2D eigenvalue weighted by molar-refractivity contribution is 5.79. The second-order valence-electron chi connectivity index (χ2n) is 7.20. The van der Waals surface area contributed by atoms with E-state index in [0.29, 0.717) is 0 Å². The van der Waals surface area contributed by atoms with E-state index >= 15 is 0 Å². The van der Waals surface area contributed by atoms with Crippen molar-refractivity contribution in [3.63, 3.8) is 0 Å². The Morgan fingerprint density at radius 1 is 0.958 bits per heavy atom. The number of aromatic amines is 1. The molecule has 2 aliphatic rings. The van der Waals surface area contributed by atoms with Crippen molar-refractivity contribution >= 4 is 10.9 Å². The summed E-state index contributed by atoms with van der Waals surface area (Å²) in [5.41, 5.74) is 3.60. The van der Waals surface area contributed by atoms with Crippen molar-refractivity contribution in [2.45, 2.75) is 36.6 Å². The van der Waals surface area contributed by atoms with Gasteiger partial charge in [0.1, 0.15) is 5.82 Å². The molecule has 1 aliphatic heterocycles. The maximum Gasteiger partial charge on any atom is 0.123 e. The molecule has 2 atom stereocenters. The van der Waals surface area contributed by atoms with Crippen LogP contribution >= 0.6 is 0 Å². The Hall–Kier alpha value is -2.20. The highest BCUT2D eigenvalue weighted by Gasteiger charge is 2.61. The minimum atomic E-state index is -0.174. The summed E-state index contributed by atoms with van der Waals surface area (Å²) in [5, 5.41) is 12.1. The Balaban J connectivity index is 1.73. The molecule has 1 aromatic heterocycles. The van der Waals surface area contributed by atoms with Crippen molar-refractivity contribution in [1.82, 2.24) is 15.5 Å². The standard InChI is InChI=1S/C20H20FN3/c21-17-5-2-15(3-6-17)20(10-9-19(20)8-1-11-22-19)16-4-7-18-14(12-16)13-23-24-18/h2-7,12-13,22H,1,8-11H2,(H,23,24). The van der Waals surface area contributed by atoms with Crippen LogP contribution in [-0.2, 0) is 5.41 Å². The van der Waals surface area contributed by atoms with E-state index in [1.165, 1.54) is 30.4 Å². The van der Waals surface area contributed by atoms with Gasteiger partial charge in [-0.05, 0) is 67.6 Å². The maximum absolute atomic E-state index is 13.5. The number of hydrogen-bond acceptors (Lipinski definition) is 2. The third-order valence-electron chi connectivity index (χ3n) is 6.26. The number of H-pyrrole nitrogens is 1. The van der Waals surface area contributed by atoms with Crippen LogP contribution in [0.4, 0.5) is 4.39 Å². The molecule has 122 valence electrons. The molecule has 1 aliphatic carbocycles. The van der Waals surface area contributed by atoms with Crippen LogP contribution in [0.15, 0.2) is 48.7 Å². The monoisotopic (exact) mass is 321 g/mol. The van der Waals surface area contributed by atoms with E-state index in [-0.39, 0.29) is 16.8 Å². The largest absolute Gasteiger partial charge is 0.310 e. The first-order valence-electron chi connectivity index (χ1n) is 8.68. The van der Waals surface area contributed by atoms with E-state index in [1.807, 2.05) is 18.3 Å². The van der Waals surface area contributed by atoms with Crippen molar-refractivity contribution in [2.24, 2.45) is 0 Å². The molecule has 3 aromatic rings. The zero-order valence-electron chi connectivity index (χ0n) is 13.5. The van der Waals surface area contributed by atoms with E-state index in [1.54, 1.807) is 12.1 Å². The van der Waals surface area contributed by atoms with Gasteiger partial charge in [0.05, 0.1) is 11.7 Å². The van der Waals surface area contributed by atoms with Crippen molar-refractivity contribution in [3.8, 4) is 0 Å². The lowest BCUT2D eigenvalue weighted by molar-refractivity contribution is 0.0935. The fourth-order valence-electron chi connectivity index (χ4n) is 5.01. The van der Waals surface area contributed by atoms with Gasteiger partial charge in [-0.15, -0.1) is 0 Å². The molecule has 2 aromatic carbocycles. The van der Waals surface area contributed by atoms with Crippen molar-refractivity contribution in [1.29, 1.82) is 0 Å². The first-order valence-corrected chi connectivity index (χ1v) is 8.68. The summed E-state index contributed by atoms with van der Waals surface area (Å²) in [6.07, 6.45) is 6.53. The van der Waals surface area contributed by atoms with Crippen LogP contribution in [0.3, 0.4) is 0 Å². The molecule has 2 fully saturated rings. The molecule has 2 N–H and O–H groups in total. The van der Waals surface area contributed by atoms with Gasteiger partial charge in [-0.3, -0.25) is 5.10 Å². The van der Waals surface area contributed by atoms with E-state index in [9.17, 15) is 4.39 Å². The topological polar surface area (TPSA) is 40.7 Å². The van der Waals surface area contributed by atoms with Crippen LogP contribution in [-0.4, -0.2) is 22.3 Å². The molecule has 5 rings (SSSR count). The fourth-order valence-corrected chi connectivity index (χ4v) is 5.01. The molecule has 4 heteroatoms. The van der Waals surface area contributed by atoms with Crippen molar-refractivity contribution in [3.05, 3.63) is 65.6 Å². The maximum atomic E-state index is 13.5. The highest BCUT2D eigenvalue weighted by atomic mass is 19.1. The Kier molecular flexibility index (Phi) is 2.89. The Labute approximate surface area is 140 Å². The zero-order valence-corrected chi connectivity index (χ0v) is 13.5. The average Bonchev–Trinajstić information content (AvgIpc) is 3.26. The molecular formula is C20H20FN3. The Morgan fingerprint density at radius 2 is 1.79 bits per heavy atom. The summed E-state index contributed by atoms with van der Waals surface area (Å²) < 4.78 is 13.5. The number of aromatic nitrogens is 2. The molecule has 2 heterocycles. The minimum Gasteiger partial charge on any atom is -0.310 e. The number of benzene rings is 2. The highest BCUT2D eigenvalue weighted by Crippen LogP contribution is 2.59. The summed E-state index contributed by atoms with van der Waals surface area (Å²) in [5.74, 6) is -0.174. The minimum absolute atomic E-state index is 0.0807. The molecule has 2 unspecified atom stereocenters. The molecule has 24 heavy (non-hydrogen) atoms. The van der Waals surface area contributed by atoms with Crippen molar-refractivity contribution < 1.29 is 4.39 Å². The second kappa shape index (κ2) is 4.90. The molecule has 1 saturated heterocycles. The van der Waals surface area contributed by atoms with Gasteiger partial charge in [-0.1, -0.05) is 18.2 Å². The number of fused-ring (bicyclic) bond motifs is 1. The summed E-state index contributed by atoms with van der Waals surface area (Å²) in [6, 6.07) is 13.7. The lowest BCUT2D eigenvalue weighted by Crippen LogP contribution is -2.66. The number of hydrogen-bond donors (Lipinski definition) is 2. The quantitative estimate of drug-likeness (QED) is 0.751. The predicted molar refractivity (Wildman–Crippen MR) is 92.5 cm³/mol. The number of rotatable bonds is 2. The van der Waals surface area contributed by atoms with Gasteiger partial charge >= 0.3 is 0 Å². The summed E-state index contributed by atoms with van der Waals surface area (Å²) in [7, 11) is 0. The smallest absolute Gasteiger partial charge is 0.123 e. The zero-order chi connectivity index (χ0) is 16.2. The number of nitrogens with zero attached hydrogens (tertiary/aromatic N) is 1. The number of halogens is 1. The van der Waals surface area contributed by atoms with Crippen LogP contribution < -0.4 is 5.32 Å².